The van der Waals surface area contributed by atoms with Crippen molar-refractivity contribution in [2.45, 2.75) is 61.8 Å². The summed E-state index contributed by atoms with van der Waals surface area (Å²) in [6, 6.07) is 0.162. The normalized spacial score (nSPS) is 19.5. The zero-order valence-electron chi connectivity index (χ0n) is 16.9. The molecule has 0 aliphatic rings. The Labute approximate surface area is 177 Å². The van der Waals surface area contributed by atoms with E-state index in [1.807, 2.05) is 6.92 Å². The van der Waals surface area contributed by atoms with Crippen molar-refractivity contribution >= 4 is 11.8 Å². The maximum Gasteiger partial charge on any atom is 0.249 e. The Bertz CT molecular complexity index is 449. The lowest BCUT2D eigenvalue weighted by Crippen LogP contribution is -2.50. The van der Waals surface area contributed by atoms with E-state index in [0.29, 0.717) is 6.54 Å². The standard InChI is InChI=1S/2C6H13NO6.C3H10N2/c2*7-6(13)5(12)4(11)3(10)2(9)1-8;1-3(5)2-4/h2*2-5,8-12H,1H2,(H2,7,13);3H,2,4-5H2,1H3/t2*2-,3-,4+,5-;/m11./s1. The van der Waals surface area contributed by atoms with Crippen LogP contribution in [0.3, 0.4) is 0 Å². The van der Waals surface area contributed by atoms with Crippen molar-refractivity contribution in [1.82, 2.24) is 0 Å². The van der Waals surface area contributed by atoms with Gasteiger partial charge in [0.05, 0.1) is 13.2 Å². The third kappa shape index (κ3) is 15.0. The summed E-state index contributed by atoms with van der Waals surface area (Å²) in [5.74, 6) is -2.45. The van der Waals surface area contributed by atoms with E-state index in [0.717, 1.165) is 0 Å². The van der Waals surface area contributed by atoms with Crippen molar-refractivity contribution in [2.75, 3.05) is 19.8 Å². The second-order valence-corrected chi connectivity index (χ2v) is 6.37. The number of hydrogen-bond acceptors (Lipinski definition) is 14. The number of aliphatic hydroxyl groups is 10. The number of rotatable bonds is 11. The summed E-state index contributed by atoms with van der Waals surface area (Å²) in [5, 5.41) is 87.9. The molecule has 9 atom stereocenters. The van der Waals surface area contributed by atoms with Crippen LogP contribution >= 0.6 is 0 Å². The molecule has 0 aromatic carbocycles. The molecule has 0 rings (SSSR count). The van der Waals surface area contributed by atoms with E-state index in [2.05, 4.69) is 11.5 Å². The molecule has 2 amide bonds. The van der Waals surface area contributed by atoms with Crippen molar-refractivity contribution in [3.8, 4) is 0 Å². The minimum atomic E-state index is -1.98. The number of hydrogen-bond donors (Lipinski definition) is 14. The van der Waals surface area contributed by atoms with Crippen molar-refractivity contribution in [3.05, 3.63) is 0 Å². The Morgan fingerprint density at radius 3 is 1.03 bits per heavy atom. The Morgan fingerprint density at radius 2 is 0.903 bits per heavy atom. The lowest BCUT2D eigenvalue weighted by Gasteiger charge is -2.23. The first kappa shape index (κ1) is 34.1. The third-order valence-corrected chi connectivity index (χ3v) is 3.46. The molecule has 0 aromatic heterocycles. The van der Waals surface area contributed by atoms with Gasteiger partial charge in [0.1, 0.15) is 36.6 Å². The van der Waals surface area contributed by atoms with Gasteiger partial charge in [0, 0.05) is 12.6 Å². The summed E-state index contributed by atoms with van der Waals surface area (Å²) in [6.07, 6.45) is -14.7. The fourth-order valence-electron chi connectivity index (χ4n) is 1.38. The van der Waals surface area contributed by atoms with Crippen LogP contribution in [-0.4, -0.2) is 138 Å². The first-order valence-corrected chi connectivity index (χ1v) is 8.80. The molecule has 0 aliphatic carbocycles. The molecular weight excluding hydrogens is 428 g/mol. The van der Waals surface area contributed by atoms with Crippen molar-refractivity contribution in [1.29, 1.82) is 0 Å². The summed E-state index contributed by atoms with van der Waals surface area (Å²) < 4.78 is 0. The molecule has 188 valence electrons. The van der Waals surface area contributed by atoms with Crippen LogP contribution in [0.15, 0.2) is 0 Å². The van der Waals surface area contributed by atoms with E-state index >= 15 is 0 Å². The lowest BCUT2D eigenvalue weighted by atomic mass is 10.0. The van der Waals surface area contributed by atoms with E-state index in [1.54, 1.807) is 0 Å². The molecule has 0 saturated heterocycles. The molecule has 0 saturated carbocycles. The number of nitrogens with two attached hydrogens (primary N) is 4. The molecule has 1 unspecified atom stereocenters. The van der Waals surface area contributed by atoms with Gasteiger partial charge in [-0.3, -0.25) is 9.59 Å². The molecule has 0 radical (unpaired) electrons. The predicted molar refractivity (Wildman–Crippen MR) is 103 cm³/mol. The van der Waals surface area contributed by atoms with Gasteiger partial charge in [-0.25, -0.2) is 0 Å². The van der Waals surface area contributed by atoms with Crippen molar-refractivity contribution in [2.24, 2.45) is 22.9 Å². The Kier molecular flexibility index (Phi) is 19.9. The third-order valence-electron chi connectivity index (χ3n) is 3.46. The number of amides is 2. The Morgan fingerprint density at radius 1 is 0.677 bits per heavy atom. The van der Waals surface area contributed by atoms with Crippen LogP contribution in [0.2, 0.25) is 0 Å². The van der Waals surface area contributed by atoms with Gasteiger partial charge in [-0.1, -0.05) is 0 Å². The number of carbonyl (C=O) groups is 2. The number of aliphatic hydroxyl groups excluding tert-OH is 10. The highest BCUT2D eigenvalue weighted by atomic mass is 16.4. The molecule has 0 fully saturated rings. The fourth-order valence-corrected chi connectivity index (χ4v) is 1.38. The SMILES string of the molecule is CC(N)CN.NC(=O)[C@H](O)[C@@H](O)[C@H](O)[C@H](O)CO.NC(=O)[C@H](O)[C@@H](O)[C@H](O)[C@H](O)CO. The highest BCUT2D eigenvalue weighted by molar-refractivity contribution is 5.79. The second kappa shape index (κ2) is 18.1. The minimum absolute atomic E-state index is 0.162. The quantitative estimate of drug-likeness (QED) is 0.135. The monoisotopic (exact) mass is 464 g/mol. The van der Waals surface area contributed by atoms with Crippen molar-refractivity contribution in [3.63, 3.8) is 0 Å². The van der Waals surface area contributed by atoms with E-state index in [1.165, 1.54) is 0 Å². The molecule has 0 spiro atoms. The van der Waals surface area contributed by atoms with E-state index in [-0.39, 0.29) is 6.04 Å². The van der Waals surface area contributed by atoms with Crippen LogP contribution in [0.25, 0.3) is 0 Å². The zero-order valence-corrected chi connectivity index (χ0v) is 16.9. The Balaban J connectivity index is -0.000000416. The van der Waals surface area contributed by atoms with Gasteiger partial charge in [0.25, 0.3) is 0 Å². The van der Waals surface area contributed by atoms with Gasteiger partial charge in [-0.15, -0.1) is 0 Å². The molecule has 18 N–H and O–H groups in total. The topological polar surface area (TPSA) is 341 Å². The second-order valence-electron chi connectivity index (χ2n) is 6.37. The molecule has 0 aliphatic heterocycles. The summed E-state index contributed by atoms with van der Waals surface area (Å²) >= 11 is 0. The van der Waals surface area contributed by atoms with E-state index in [9.17, 15) is 9.59 Å². The lowest BCUT2D eigenvalue weighted by molar-refractivity contribution is -0.146. The molecule has 0 heterocycles. The van der Waals surface area contributed by atoms with Crippen LogP contribution in [-0.2, 0) is 9.59 Å². The average molecular weight is 464 g/mol. The predicted octanol–water partition coefficient (Wildman–Crippen LogP) is -8.89. The molecule has 16 heteroatoms. The highest BCUT2D eigenvalue weighted by Crippen LogP contribution is 2.05. The zero-order chi connectivity index (χ0) is 25.5. The van der Waals surface area contributed by atoms with Gasteiger partial charge in [0.15, 0.2) is 12.2 Å². The molecule has 0 aromatic rings. The highest BCUT2D eigenvalue weighted by Gasteiger charge is 2.33. The number of primary amides is 2. The van der Waals surface area contributed by atoms with Crippen LogP contribution in [0.5, 0.6) is 0 Å². The smallest absolute Gasteiger partial charge is 0.249 e. The van der Waals surface area contributed by atoms with Crippen LogP contribution in [0, 0.1) is 0 Å². The van der Waals surface area contributed by atoms with Gasteiger partial charge in [0.2, 0.25) is 11.8 Å². The average Bonchev–Trinajstić information content (AvgIpc) is 2.75. The molecule has 0 bridgehead atoms. The number of carbonyl (C=O) groups excluding carboxylic acids is 2. The minimum Gasteiger partial charge on any atom is -0.394 e. The molecule has 16 nitrogen and oxygen atoms in total. The fraction of sp³-hybridized carbons (Fsp3) is 0.867. The summed E-state index contributed by atoms with van der Waals surface area (Å²) in [4.78, 5) is 20.6. The van der Waals surface area contributed by atoms with Crippen molar-refractivity contribution < 1.29 is 60.7 Å². The van der Waals surface area contributed by atoms with E-state index in [4.69, 9.17) is 62.5 Å². The van der Waals surface area contributed by atoms with Crippen LogP contribution in [0.4, 0.5) is 0 Å². The van der Waals surface area contributed by atoms with Crippen LogP contribution < -0.4 is 22.9 Å². The molecule has 31 heavy (non-hydrogen) atoms. The maximum absolute atomic E-state index is 10.3. The first-order chi connectivity index (χ1) is 14.1. The van der Waals surface area contributed by atoms with Gasteiger partial charge in [-0.2, -0.15) is 0 Å². The summed E-state index contributed by atoms with van der Waals surface area (Å²) in [6.45, 7) is 0.855. The molecular formula is C15H36N4O12. The summed E-state index contributed by atoms with van der Waals surface area (Å²) in [7, 11) is 0. The van der Waals surface area contributed by atoms with Gasteiger partial charge < -0.3 is 74.0 Å². The Hall–Kier alpha value is -1.54. The maximum atomic E-state index is 10.3. The summed E-state index contributed by atoms with van der Waals surface area (Å²) in [5.41, 5.74) is 19.4. The van der Waals surface area contributed by atoms with Gasteiger partial charge in [-0.05, 0) is 6.92 Å². The van der Waals surface area contributed by atoms with Crippen LogP contribution in [0.1, 0.15) is 6.92 Å². The largest absolute Gasteiger partial charge is 0.394 e. The van der Waals surface area contributed by atoms with E-state index < -0.39 is 73.9 Å². The van der Waals surface area contributed by atoms with Gasteiger partial charge >= 0.3 is 0 Å². The first-order valence-electron chi connectivity index (χ1n) is 8.80.